The summed E-state index contributed by atoms with van der Waals surface area (Å²) in [5, 5.41) is 3.47. The Bertz CT molecular complexity index is 364. The van der Waals surface area contributed by atoms with Crippen LogP contribution in [0.15, 0.2) is 24.3 Å². The average molecular weight is 233 g/mol. The summed E-state index contributed by atoms with van der Waals surface area (Å²) in [5.74, 6) is 2.34. The van der Waals surface area contributed by atoms with Gasteiger partial charge in [-0.1, -0.05) is 38.5 Å². The summed E-state index contributed by atoms with van der Waals surface area (Å²) in [7, 11) is 2.06. The number of rotatable bonds is 5. The lowest BCUT2D eigenvalue weighted by Crippen LogP contribution is -2.34. The van der Waals surface area contributed by atoms with Gasteiger partial charge in [-0.15, -0.1) is 0 Å². The van der Waals surface area contributed by atoms with E-state index in [1.807, 2.05) is 6.07 Å². The number of fused-ring (bicyclic) bond motifs is 1. The van der Waals surface area contributed by atoms with Crippen molar-refractivity contribution >= 4 is 0 Å². The highest BCUT2D eigenvalue weighted by molar-refractivity contribution is 5.40. The highest BCUT2D eigenvalue weighted by Gasteiger charge is 2.30. The Hall–Kier alpha value is -1.02. The Balaban J connectivity index is 2.12. The van der Waals surface area contributed by atoms with Crippen molar-refractivity contribution in [3.8, 4) is 5.75 Å². The van der Waals surface area contributed by atoms with E-state index in [2.05, 4.69) is 44.4 Å². The molecule has 94 valence electrons. The van der Waals surface area contributed by atoms with E-state index in [1.165, 1.54) is 18.4 Å². The fourth-order valence-electron chi connectivity index (χ4n) is 2.60. The molecule has 0 saturated heterocycles. The van der Waals surface area contributed by atoms with Gasteiger partial charge in [0.15, 0.2) is 0 Å². The molecule has 0 aliphatic carbocycles. The summed E-state index contributed by atoms with van der Waals surface area (Å²) < 4.78 is 5.77. The summed E-state index contributed by atoms with van der Waals surface area (Å²) in [5.41, 5.74) is 1.37. The molecule has 2 heteroatoms. The molecule has 0 fully saturated rings. The Labute approximate surface area is 104 Å². The zero-order chi connectivity index (χ0) is 12.3. The van der Waals surface area contributed by atoms with Gasteiger partial charge in [0.05, 0.1) is 6.61 Å². The smallest absolute Gasteiger partial charge is 0.122 e. The minimum Gasteiger partial charge on any atom is -0.493 e. The molecule has 2 nitrogen and oxygen atoms in total. The van der Waals surface area contributed by atoms with E-state index in [-0.39, 0.29) is 0 Å². The number of likely N-dealkylation sites (N-methyl/N-ethyl adjacent to an activating group) is 1. The second kappa shape index (κ2) is 5.54. The monoisotopic (exact) mass is 233 g/mol. The molecule has 3 atom stereocenters. The normalized spacial score (nSPS) is 21.7. The molecule has 1 aromatic rings. The van der Waals surface area contributed by atoms with Gasteiger partial charge in [-0.05, 0) is 25.5 Å². The molecule has 0 radical (unpaired) electrons. The third kappa shape index (κ3) is 2.63. The van der Waals surface area contributed by atoms with Gasteiger partial charge in [-0.2, -0.15) is 0 Å². The zero-order valence-corrected chi connectivity index (χ0v) is 11.1. The second-order valence-electron chi connectivity index (χ2n) is 5.10. The van der Waals surface area contributed by atoms with E-state index in [1.54, 1.807) is 0 Å². The molecular formula is C15H23NO. The fourth-order valence-corrected chi connectivity index (χ4v) is 2.60. The van der Waals surface area contributed by atoms with E-state index >= 15 is 0 Å². The first kappa shape index (κ1) is 12.4. The summed E-state index contributed by atoms with van der Waals surface area (Å²) in [4.78, 5) is 0. The van der Waals surface area contributed by atoms with Crippen LogP contribution >= 0.6 is 0 Å². The third-order valence-electron chi connectivity index (χ3n) is 3.95. The summed E-state index contributed by atoms with van der Waals surface area (Å²) in [6, 6.07) is 8.95. The standard InChI is InChI=1S/C15H23NO/c1-4-11(2)9-14(16-3)13-10-17-15-8-6-5-7-12(13)15/h5-8,11,13-14,16H,4,9-10H2,1-3H3. The second-order valence-corrected chi connectivity index (χ2v) is 5.10. The van der Waals surface area contributed by atoms with Gasteiger partial charge in [0, 0.05) is 17.5 Å². The maximum Gasteiger partial charge on any atom is 0.122 e. The van der Waals surface area contributed by atoms with Crippen LogP contribution in [0.2, 0.25) is 0 Å². The maximum absolute atomic E-state index is 5.77. The minimum absolute atomic E-state index is 0.505. The first-order chi connectivity index (χ1) is 8.26. The Kier molecular flexibility index (Phi) is 4.06. The van der Waals surface area contributed by atoms with Gasteiger partial charge in [0.2, 0.25) is 0 Å². The molecule has 0 bridgehead atoms. The summed E-state index contributed by atoms with van der Waals surface area (Å²) >= 11 is 0. The van der Waals surface area contributed by atoms with Crippen LogP contribution in [0.4, 0.5) is 0 Å². The van der Waals surface area contributed by atoms with E-state index in [0.717, 1.165) is 18.3 Å². The van der Waals surface area contributed by atoms with Crippen molar-refractivity contribution in [2.24, 2.45) is 5.92 Å². The minimum atomic E-state index is 0.505. The molecule has 2 rings (SSSR count). The first-order valence-corrected chi connectivity index (χ1v) is 6.65. The van der Waals surface area contributed by atoms with E-state index in [0.29, 0.717) is 12.0 Å². The van der Waals surface area contributed by atoms with Crippen molar-refractivity contribution in [2.45, 2.75) is 38.6 Å². The Morgan fingerprint density at radius 1 is 1.41 bits per heavy atom. The number of ether oxygens (including phenoxy) is 1. The molecule has 0 amide bonds. The van der Waals surface area contributed by atoms with E-state index in [9.17, 15) is 0 Å². The molecule has 0 spiro atoms. The highest BCUT2D eigenvalue weighted by Crippen LogP contribution is 2.37. The topological polar surface area (TPSA) is 21.3 Å². The molecule has 1 aromatic carbocycles. The largest absolute Gasteiger partial charge is 0.493 e. The van der Waals surface area contributed by atoms with Crippen LogP contribution in [-0.2, 0) is 0 Å². The van der Waals surface area contributed by atoms with E-state index < -0.39 is 0 Å². The predicted molar refractivity (Wildman–Crippen MR) is 71.6 cm³/mol. The maximum atomic E-state index is 5.77. The van der Waals surface area contributed by atoms with Crippen LogP contribution in [0.1, 0.15) is 38.2 Å². The van der Waals surface area contributed by atoms with Crippen LogP contribution in [0.3, 0.4) is 0 Å². The number of para-hydroxylation sites is 1. The van der Waals surface area contributed by atoms with Crippen molar-refractivity contribution < 1.29 is 4.74 Å². The quantitative estimate of drug-likeness (QED) is 0.843. The van der Waals surface area contributed by atoms with Crippen LogP contribution in [-0.4, -0.2) is 19.7 Å². The molecule has 1 aliphatic rings. The van der Waals surface area contributed by atoms with Gasteiger partial charge < -0.3 is 10.1 Å². The Morgan fingerprint density at radius 3 is 2.88 bits per heavy atom. The van der Waals surface area contributed by atoms with Crippen LogP contribution < -0.4 is 10.1 Å². The summed E-state index contributed by atoms with van der Waals surface area (Å²) in [6.07, 6.45) is 2.46. The lowest BCUT2D eigenvalue weighted by Gasteiger charge is -2.25. The molecule has 0 aromatic heterocycles. The lowest BCUT2D eigenvalue weighted by molar-refractivity contribution is 0.282. The first-order valence-electron chi connectivity index (χ1n) is 6.65. The average Bonchev–Trinajstić information content (AvgIpc) is 2.79. The van der Waals surface area contributed by atoms with Gasteiger partial charge in [0.25, 0.3) is 0 Å². The third-order valence-corrected chi connectivity index (χ3v) is 3.95. The van der Waals surface area contributed by atoms with Crippen molar-refractivity contribution in [2.75, 3.05) is 13.7 Å². The lowest BCUT2D eigenvalue weighted by atomic mass is 9.87. The van der Waals surface area contributed by atoms with Crippen molar-refractivity contribution in [1.29, 1.82) is 0 Å². The molecular weight excluding hydrogens is 210 g/mol. The van der Waals surface area contributed by atoms with Gasteiger partial charge in [-0.3, -0.25) is 0 Å². The molecule has 0 saturated carbocycles. The number of hydrogen-bond donors (Lipinski definition) is 1. The van der Waals surface area contributed by atoms with Crippen LogP contribution in [0.5, 0.6) is 5.75 Å². The van der Waals surface area contributed by atoms with Gasteiger partial charge in [0.1, 0.15) is 5.75 Å². The zero-order valence-electron chi connectivity index (χ0n) is 11.1. The van der Waals surface area contributed by atoms with Gasteiger partial charge >= 0.3 is 0 Å². The fraction of sp³-hybridized carbons (Fsp3) is 0.600. The van der Waals surface area contributed by atoms with E-state index in [4.69, 9.17) is 4.74 Å². The number of benzene rings is 1. The Morgan fingerprint density at radius 2 is 2.18 bits per heavy atom. The molecule has 1 aliphatic heterocycles. The predicted octanol–water partition coefficient (Wildman–Crippen LogP) is 3.19. The van der Waals surface area contributed by atoms with Crippen molar-refractivity contribution in [3.63, 3.8) is 0 Å². The van der Waals surface area contributed by atoms with Crippen LogP contribution in [0, 0.1) is 5.92 Å². The molecule has 17 heavy (non-hydrogen) atoms. The molecule has 1 heterocycles. The number of nitrogens with one attached hydrogen (secondary N) is 1. The summed E-state index contributed by atoms with van der Waals surface area (Å²) in [6.45, 7) is 5.41. The molecule has 1 N–H and O–H groups in total. The van der Waals surface area contributed by atoms with Gasteiger partial charge in [-0.25, -0.2) is 0 Å². The van der Waals surface area contributed by atoms with Crippen LogP contribution in [0.25, 0.3) is 0 Å². The SMILES string of the molecule is CCC(C)CC(NC)C1COc2ccccc21. The highest BCUT2D eigenvalue weighted by atomic mass is 16.5. The van der Waals surface area contributed by atoms with Crippen molar-refractivity contribution in [1.82, 2.24) is 5.32 Å². The molecule has 3 unspecified atom stereocenters. The van der Waals surface area contributed by atoms with Crippen molar-refractivity contribution in [3.05, 3.63) is 29.8 Å². The number of hydrogen-bond acceptors (Lipinski definition) is 2.